The SMILES string of the molecule is CCCCC1CCCN(C[C@@H]2CCCC[C@@H]2NC(=O)c2ccc(-n3cccn3)cc2)C1. The van der Waals surface area contributed by atoms with Gasteiger partial charge in [-0.3, -0.25) is 4.79 Å². The van der Waals surface area contributed by atoms with E-state index in [0.29, 0.717) is 12.0 Å². The summed E-state index contributed by atoms with van der Waals surface area (Å²) < 4.78 is 1.81. The van der Waals surface area contributed by atoms with Crippen LogP contribution in [0.25, 0.3) is 5.69 Å². The van der Waals surface area contributed by atoms with E-state index in [4.69, 9.17) is 0 Å². The molecular formula is C26H38N4O. The topological polar surface area (TPSA) is 50.2 Å². The zero-order valence-electron chi connectivity index (χ0n) is 19.0. The molecule has 3 atom stereocenters. The predicted molar refractivity (Wildman–Crippen MR) is 125 cm³/mol. The lowest BCUT2D eigenvalue weighted by Gasteiger charge is -2.39. The Morgan fingerprint density at radius 1 is 1.13 bits per heavy atom. The molecule has 4 rings (SSSR count). The molecule has 2 fully saturated rings. The van der Waals surface area contributed by atoms with Gasteiger partial charge in [-0.25, -0.2) is 4.68 Å². The summed E-state index contributed by atoms with van der Waals surface area (Å²) in [5, 5.41) is 7.64. The molecule has 0 spiro atoms. The minimum absolute atomic E-state index is 0.0587. The summed E-state index contributed by atoms with van der Waals surface area (Å²) in [6, 6.07) is 9.94. The Kier molecular flexibility index (Phi) is 7.79. The van der Waals surface area contributed by atoms with E-state index in [1.54, 1.807) is 6.20 Å². The molecule has 1 saturated heterocycles. The molecule has 1 aliphatic carbocycles. The molecule has 1 aromatic heterocycles. The summed E-state index contributed by atoms with van der Waals surface area (Å²) in [6.07, 6.45) is 15.3. The van der Waals surface area contributed by atoms with Gasteiger partial charge < -0.3 is 10.2 Å². The molecule has 31 heavy (non-hydrogen) atoms. The summed E-state index contributed by atoms with van der Waals surface area (Å²) in [4.78, 5) is 15.7. The summed E-state index contributed by atoms with van der Waals surface area (Å²) in [6.45, 7) is 5.92. The first-order valence-corrected chi connectivity index (χ1v) is 12.4. The molecule has 1 amide bonds. The number of amides is 1. The molecule has 1 unspecified atom stereocenters. The zero-order valence-corrected chi connectivity index (χ0v) is 19.0. The molecule has 1 saturated carbocycles. The van der Waals surface area contributed by atoms with Gasteiger partial charge in [0.05, 0.1) is 5.69 Å². The first kappa shape index (κ1) is 22.1. The normalized spacial score (nSPS) is 24.7. The van der Waals surface area contributed by atoms with Gasteiger partial charge >= 0.3 is 0 Å². The number of unbranched alkanes of at least 4 members (excludes halogenated alkanes) is 1. The minimum atomic E-state index is 0.0587. The van der Waals surface area contributed by atoms with Crippen molar-refractivity contribution >= 4 is 5.91 Å². The van der Waals surface area contributed by atoms with Crippen LogP contribution in [0.3, 0.4) is 0 Å². The van der Waals surface area contributed by atoms with E-state index in [-0.39, 0.29) is 5.91 Å². The van der Waals surface area contributed by atoms with Crippen molar-refractivity contribution in [1.29, 1.82) is 0 Å². The summed E-state index contributed by atoms with van der Waals surface area (Å²) in [7, 11) is 0. The van der Waals surface area contributed by atoms with Gasteiger partial charge in [-0.1, -0.05) is 32.6 Å². The van der Waals surface area contributed by atoms with Crippen LogP contribution < -0.4 is 5.32 Å². The van der Waals surface area contributed by atoms with Crippen molar-refractivity contribution in [1.82, 2.24) is 20.0 Å². The zero-order chi connectivity index (χ0) is 21.5. The molecule has 1 aromatic carbocycles. The van der Waals surface area contributed by atoms with E-state index in [9.17, 15) is 4.79 Å². The number of carbonyl (C=O) groups is 1. The molecule has 1 aliphatic heterocycles. The molecule has 5 nitrogen and oxygen atoms in total. The highest BCUT2D eigenvalue weighted by Crippen LogP contribution is 2.28. The quantitative estimate of drug-likeness (QED) is 0.647. The monoisotopic (exact) mass is 422 g/mol. The third kappa shape index (κ3) is 5.97. The molecule has 168 valence electrons. The van der Waals surface area contributed by atoms with E-state index in [0.717, 1.165) is 30.1 Å². The molecule has 0 radical (unpaired) electrons. The standard InChI is InChI=1S/C26H38N4O/c1-2-3-8-21-9-6-17-29(19-21)20-23-10-4-5-11-25(23)28-26(31)22-12-14-24(15-13-22)30-18-7-16-27-30/h7,12-16,18,21,23,25H,2-6,8-11,17,19-20H2,1H3,(H,28,31)/t21?,23-,25-/m0/s1. The predicted octanol–water partition coefficient (Wildman–Crippen LogP) is 5.06. The van der Waals surface area contributed by atoms with Gasteiger partial charge in [0.1, 0.15) is 0 Å². The van der Waals surface area contributed by atoms with Crippen LogP contribution >= 0.6 is 0 Å². The third-order valence-electron chi connectivity index (χ3n) is 7.19. The lowest BCUT2D eigenvalue weighted by atomic mass is 9.83. The van der Waals surface area contributed by atoms with E-state index in [1.165, 1.54) is 64.5 Å². The lowest BCUT2D eigenvalue weighted by molar-refractivity contribution is 0.0853. The maximum atomic E-state index is 13.0. The second kappa shape index (κ2) is 10.9. The number of piperidine rings is 1. The van der Waals surface area contributed by atoms with Gasteiger partial charge in [0.25, 0.3) is 5.91 Å². The van der Waals surface area contributed by atoms with Gasteiger partial charge in [-0.15, -0.1) is 0 Å². The lowest BCUT2D eigenvalue weighted by Crippen LogP contribution is -2.48. The molecule has 5 heteroatoms. The third-order valence-corrected chi connectivity index (χ3v) is 7.19. The highest BCUT2D eigenvalue weighted by molar-refractivity contribution is 5.94. The Morgan fingerprint density at radius 3 is 2.74 bits per heavy atom. The van der Waals surface area contributed by atoms with Crippen LogP contribution in [0, 0.1) is 11.8 Å². The van der Waals surface area contributed by atoms with Gasteiger partial charge in [-0.05, 0) is 80.8 Å². The Hall–Kier alpha value is -2.14. The Labute approximate surface area is 187 Å². The molecule has 2 heterocycles. The first-order chi connectivity index (χ1) is 15.2. The number of hydrogen-bond donors (Lipinski definition) is 1. The maximum Gasteiger partial charge on any atom is 0.251 e. The van der Waals surface area contributed by atoms with Crippen LogP contribution in [-0.2, 0) is 0 Å². The number of nitrogens with one attached hydrogen (secondary N) is 1. The number of benzene rings is 1. The average molecular weight is 423 g/mol. The molecule has 2 aromatic rings. The number of likely N-dealkylation sites (tertiary alicyclic amines) is 1. The van der Waals surface area contributed by atoms with E-state index in [1.807, 2.05) is 41.2 Å². The first-order valence-electron chi connectivity index (χ1n) is 12.4. The molecular weight excluding hydrogens is 384 g/mol. The van der Waals surface area contributed by atoms with Crippen LogP contribution in [0.2, 0.25) is 0 Å². The van der Waals surface area contributed by atoms with Gasteiger partial charge in [-0.2, -0.15) is 5.10 Å². The van der Waals surface area contributed by atoms with Crippen LogP contribution in [0.1, 0.15) is 75.1 Å². The van der Waals surface area contributed by atoms with Crippen molar-refractivity contribution in [3.8, 4) is 5.69 Å². The van der Waals surface area contributed by atoms with Crippen molar-refractivity contribution in [2.24, 2.45) is 11.8 Å². The van der Waals surface area contributed by atoms with Gasteiger partial charge in [0.15, 0.2) is 0 Å². The van der Waals surface area contributed by atoms with E-state index < -0.39 is 0 Å². The Balaban J connectivity index is 1.33. The average Bonchev–Trinajstić information content (AvgIpc) is 3.34. The highest BCUT2D eigenvalue weighted by Gasteiger charge is 2.30. The van der Waals surface area contributed by atoms with Crippen molar-refractivity contribution in [3.05, 3.63) is 48.3 Å². The van der Waals surface area contributed by atoms with Crippen molar-refractivity contribution in [2.75, 3.05) is 19.6 Å². The van der Waals surface area contributed by atoms with Gasteiger partial charge in [0, 0.05) is 37.1 Å². The fraction of sp³-hybridized carbons (Fsp3) is 0.615. The fourth-order valence-electron chi connectivity index (χ4n) is 5.43. The van der Waals surface area contributed by atoms with Crippen molar-refractivity contribution < 1.29 is 4.79 Å². The number of hydrogen-bond acceptors (Lipinski definition) is 3. The van der Waals surface area contributed by atoms with Crippen molar-refractivity contribution in [3.63, 3.8) is 0 Å². The van der Waals surface area contributed by atoms with E-state index >= 15 is 0 Å². The number of nitrogens with zero attached hydrogens (tertiary/aromatic N) is 3. The second-order valence-corrected chi connectivity index (χ2v) is 9.53. The van der Waals surface area contributed by atoms with Crippen LogP contribution in [0.4, 0.5) is 0 Å². The summed E-state index contributed by atoms with van der Waals surface area (Å²) >= 11 is 0. The van der Waals surface area contributed by atoms with Gasteiger partial charge in [0.2, 0.25) is 0 Å². The van der Waals surface area contributed by atoms with Crippen LogP contribution in [-0.4, -0.2) is 46.3 Å². The molecule has 2 aliphatic rings. The minimum Gasteiger partial charge on any atom is -0.349 e. The largest absolute Gasteiger partial charge is 0.349 e. The fourth-order valence-corrected chi connectivity index (χ4v) is 5.43. The number of rotatable bonds is 8. The summed E-state index contributed by atoms with van der Waals surface area (Å²) in [5.74, 6) is 1.51. The second-order valence-electron chi connectivity index (χ2n) is 9.53. The van der Waals surface area contributed by atoms with Crippen molar-refractivity contribution in [2.45, 2.75) is 70.8 Å². The maximum absolute atomic E-state index is 13.0. The molecule has 1 N–H and O–H groups in total. The number of aromatic nitrogens is 2. The van der Waals surface area contributed by atoms with Crippen LogP contribution in [0.5, 0.6) is 0 Å². The van der Waals surface area contributed by atoms with Crippen LogP contribution in [0.15, 0.2) is 42.7 Å². The Morgan fingerprint density at radius 2 is 1.97 bits per heavy atom. The Bertz CT molecular complexity index is 801. The number of carbonyl (C=O) groups excluding carboxylic acids is 1. The highest BCUT2D eigenvalue weighted by atomic mass is 16.1. The summed E-state index contributed by atoms with van der Waals surface area (Å²) in [5.41, 5.74) is 1.71. The van der Waals surface area contributed by atoms with E-state index in [2.05, 4.69) is 22.2 Å². The molecule has 0 bridgehead atoms. The smallest absolute Gasteiger partial charge is 0.251 e.